The molecule has 1 aliphatic heterocycles. The van der Waals surface area contributed by atoms with Crippen LogP contribution in [0.1, 0.15) is 35.1 Å². The molecule has 0 spiro atoms. The summed E-state index contributed by atoms with van der Waals surface area (Å²) in [6.07, 6.45) is 0. The first-order chi connectivity index (χ1) is 13.7. The molecule has 0 amide bonds. The molecule has 0 aromatic heterocycles. The Labute approximate surface area is 177 Å². The zero-order valence-corrected chi connectivity index (χ0v) is 18.5. The number of methoxy groups -OCH3 is 1. The van der Waals surface area contributed by atoms with Gasteiger partial charge < -0.3 is 9.47 Å². The number of hydrogen-bond donors (Lipinski definition) is 0. The Balaban J connectivity index is 2.07. The van der Waals surface area contributed by atoms with Gasteiger partial charge in [-0.3, -0.25) is 4.79 Å². The highest BCUT2D eigenvalue weighted by Gasteiger charge is 2.41. The number of carbonyl (C=O) groups is 1. The Morgan fingerprint density at radius 3 is 2.59 bits per heavy atom. The summed E-state index contributed by atoms with van der Waals surface area (Å²) in [5.41, 5.74) is 2.73. The smallest absolute Gasteiger partial charge is 0.324 e. The van der Waals surface area contributed by atoms with Gasteiger partial charge in [0.15, 0.2) is 6.73 Å². The summed E-state index contributed by atoms with van der Waals surface area (Å²) >= 11 is 6.14. The molecule has 1 heterocycles. The zero-order valence-electron chi connectivity index (χ0n) is 16.9. The third kappa shape index (κ3) is 3.79. The molecule has 0 aliphatic carbocycles. The molecule has 3 atom stereocenters. The van der Waals surface area contributed by atoms with Gasteiger partial charge in [-0.2, -0.15) is 4.31 Å². The van der Waals surface area contributed by atoms with Crippen molar-refractivity contribution in [2.75, 3.05) is 13.8 Å². The van der Waals surface area contributed by atoms with E-state index in [0.29, 0.717) is 26.8 Å². The molecular weight excluding hydrogens is 417 g/mol. The van der Waals surface area contributed by atoms with Gasteiger partial charge in [0, 0.05) is 16.5 Å². The van der Waals surface area contributed by atoms with Crippen LogP contribution in [0, 0.1) is 26.6 Å². The van der Waals surface area contributed by atoms with E-state index in [1.807, 2.05) is 13.8 Å². The van der Waals surface area contributed by atoms with Gasteiger partial charge >= 0.3 is 5.97 Å². The van der Waals surface area contributed by atoms with Crippen LogP contribution < -0.4 is 4.74 Å². The third-order valence-corrected chi connectivity index (χ3v) is 7.32. The number of rotatable bonds is 4. The number of carbonyl (C=O) groups excluding carboxylic acids is 1. The van der Waals surface area contributed by atoms with Gasteiger partial charge in [-0.15, -0.1) is 0 Å². The van der Waals surface area contributed by atoms with Gasteiger partial charge in [-0.05, 0) is 55.7 Å². The first-order valence-electron chi connectivity index (χ1n) is 9.12. The molecule has 0 N–H and O–H groups in total. The zero-order chi connectivity index (χ0) is 21.5. The second kappa shape index (κ2) is 8.42. The van der Waals surface area contributed by atoms with Crippen molar-refractivity contribution in [2.45, 2.75) is 44.6 Å². The van der Waals surface area contributed by atoms with E-state index in [9.17, 15) is 13.4 Å². The average molecular weight is 440 g/mol. The topological polar surface area (TPSA) is 55.8 Å². The largest absolute Gasteiger partial charge is 0.476 e. The molecular formula is C21H23ClFNO4S. The van der Waals surface area contributed by atoms with Crippen LogP contribution in [-0.2, 0) is 20.5 Å². The highest BCUT2D eigenvalue weighted by Crippen LogP contribution is 2.39. The number of halogens is 2. The van der Waals surface area contributed by atoms with Crippen LogP contribution >= 0.6 is 11.6 Å². The Morgan fingerprint density at radius 2 is 1.93 bits per heavy atom. The second-order valence-corrected chi connectivity index (χ2v) is 8.91. The molecule has 0 fully saturated rings. The number of nitrogens with zero attached hydrogens (tertiary/aromatic N) is 1. The van der Waals surface area contributed by atoms with Crippen molar-refractivity contribution < 1.29 is 22.9 Å². The monoisotopic (exact) mass is 439 g/mol. The molecule has 0 bridgehead atoms. The fourth-order valence-corrected chi connectivity index (χ4v) is 5.24. The van der Waals surface area contributed by atoms with Crippen LogP contribution in [0.5, 0.6) is 5.75 Å². The Kier molecular flexibility index (Phi) is 6.31. The highest BCUT2D eigenvalue weighted by molar-refractivity contribution is 7.82. The molecule has 0 radical (unpaired) electrons. The first-order valence-corrected chi connectivity index (χ1v) is 10.6. The van der Waals surface area contributed by atoms with Gasteiger partial charge in [-0.1, -0.05) is 24.6 Å². The standard InChI is InChI=1S/C21H23ClFNO4S/c1-11-6-8-16(23)18(12(11)2)14(4)19(21(25)27-5)24-10-28-20-13(3)15(22)7-9-17(20)29(24)26/h6-9,14,19H,10H2,1-5H3. The van der Waals surface area contributed by atoms with Crippen LogP contribution in [0.3, 0.4) is 0 Å². The van der Waals surface area contributed by atoms with Crippen LogP contribution in [0.15, 0.2) is 29.2 Å². The van der Waals surface area contributed by atoms with E-state index < -0.39 is 34.7 Å². The minimum atomic E-state index is -1.71. The van der Waals surface area contributed by atoms with Gasteiger partial charge in [0.1, 0.15) is 28.6 Å². The fourth-order valence-electron chi connectivity index (χ4n) is 3.66. The third-order valence-electron chi connectivity index (χ3n) is 5.46. The molecule has 3 unspecified atom stereocenters. The second-order valence-electron chi connectivity index (χ2n) is 7.10. The van der Waals surface area contributed by atoms with Crippen molar-refractivity contribution >= 4 is 28.6 Å². The van der Waals surface area contributed by atoms with E-state index in [1.165, 1.54) is 17.5 Å². The average Bonchev–Trinajstić information content (AvgIpc) is 2.69. The minimum absolute atomic E-state index is 0.114. The van der Waals surface area contributed by atoms with Crippen LogP contribution in [0.2, 0.25) is 5.02 Å². The predicted octanol–water partition coefficient (Wildman–Crippen LogP) is 4.42. The highest BCUT2D eigenvalue weighted by atomic mass is 35.5. The van der Waals surface area contributed by atoms with Crippen molar-refractivity contribution in [3.63, 3.8) is 0 Å². The molecule has 5 nitrogen and oxygen atoms in total. The summed E-state index contributed by atoms with van der Waals surface area (Å²) in [6, 6.07) is 5.33. The van der Waals surface area contributed by atoms with E-state index in [-0.39, 0.29) is 6.73 Å². The summed E-state index contributed by atoms with van der Waals surface area (Å²) < 4.78 is 40.2. The Bertz CT molecular complexity index is 997. The molecule has 0 saturated heterocycles. The van der Waals surface area contributed by atoms with E-state index in [0.717, 1.165) is 11.1 Å². The molecule has 156 valence electrons. The Hall–Kier alpha value is -1.96. The number of esters is 1. The van der Waals surface area contributed by atoms with Crippen molar-refractivity contribution in [3.05, 3.63) is 57.4 Å². The molecule has 2 aromatic carbocycles. The summed E-state index contributed by atoms with van der Waals surface area (Å²) in [4.78, 5) is 13.1. The van der Waals surface area contributed by atoms with E-state index >= 15 is 0 Å². The number of aryl methyl sites for hydroxylation is 1. The lowest BCUT2D eigenvalue weighted by atomic mass is 9.87. The number of benzene rings is 2. The van der Waals surface area contributed by atoms with E-state index in [2.05, 4.69) is 0 Å². The number of hydrogen-bond acceptors (Lipinski definition) is 4. The lowest BCUT2D eigenvalue weighted by Gasteiger charge is -2.36. The van der Waals surface area contributed by atoms with Gasteiger partial charge in [0.05, 0.1) is 12.0 Å². The van der Waals surface area contributed by atoms with Crippen molar-refractivity contribution in [2.24, 2.45) is 0 Å². The number of ether oxygens (including phenoxy) is 2. The number of fused-ring (bicyclic) bond motifs is 1. The van der Waals surface area contributed by atoms with Crippen molar-refractivity contribution in [1.82, 2.24) is 4.31 Å². The van der Waals surface area contributed by atoms with E-state index in [4.69, 9.17) is 21.1 Å². The summed E-state index contributed by atoms with van der Waals surface area (Å²) in [5.74, 6) is -1.20. The van der Waals surface area contributed by atoms with Gasteiger partial charge in [0.2, 0.25) is 0 Å². The lowest BCUT2D eigenvalue weighted by Crippen LogP contribution is -2.49. The van der Waals surface area contributed by atoms with Gasteiger partial charge in [0.25, 0.3) is 0 Å². The van der Waals surface area contributed by atoms with Crippen molar-refractivity contribution in [1.29, 1.82) is 0 Å². The lowest BCUT2D eigenvalue weighted by molar-refractivity contribution is -0.146. The predicted molar refractivity (Wildman–Crippen MR) is 110 cm³/mol. The quantitative estimate of drug-likeness (QED) is 0.661. The molecule has 3 rings (SSSR count). The summed E-state index contributed by atoms with van der Waals surface area (Å²) in [6.45, 7) is 7.08. The van der Waals surface area contributed by atoms with Crippen LogP contribution in [0.25, 0.3) is 0 Å². The molecule has 1 aliphatic rings. The first kappa shape index (κ1) is 21.7. The normalized spacial score (nSPS) is 18.5. The maximum atomic E-state index is 14.7. The van der Waals surface area contributed by atoms with Crippen molar-refractivity contribution in [3.8, 4) is 5.75 Å². The Morgan fingerprint density at radius 1 is 1.24 bits per heavy atom. The minimum Gasteiger partial charge on any atom is -0.476 e. The maximum Gasteiger partial charge on any atom is 0.324 e. The fraction of sp³-hybridized carbons (Fsp3) is 0.381. The molecule has 29 heavy (non-hydrogen) atoms. The van der Waals surface area contributed by atoms with Crippen LogP contribution in [-0.4, -0.2) is 34.4 Å². The SMILES string of the molecule is COC(=O)C(C(C)c1c(F)ccc(C)c1C)N1COc2c(ccc(Cl)c2C)S1=O. The summed E-state index contributed by atoms with van der Waals surface area (Å²) in [7, 11) is -0.453. The van der Waals surface area contributed by atoms with Crippen LogP contribution in [0.4, 0.5) is 4.39 Å². The molecule has 2 aromatic rings. The maximum absolute atomic E-state index is 14.7. The van der Waals surface area contributed by atoms with E-state index in [1.54, 1.807) is 32.0 Å². The molecule has 0 saturated carbocycles. The molecule has 8 heteroatoms. The van der Waals surface area contributed by atoms with Gasteiger partial charge in [-0.25, -0.2) is 8.60 Å². The summed E-state index contributed by atoms with van der Waals surface area (Å²) in [5, 5.41) is 0.504.